The highest BCUT2D eigenvalue weighted by molar-refractivity contribution is 5.34. The summed E-state index contributed by atoms with van der Waals surface area (Å²) in [5.74, 6) is 1.19. The first-order valence-electron chi connectivity index (χ1n) is 9.58. The van der Waals surface area contributed by atoms with Gasteiger partial charge in [-0.2, -0.15) is 5.10 Å². The van der Waals surface area contributed by atoms with Crippen molar-refractivity contribution >= 4 is 0 Å². The Balaban J connectivity index is 1.23. The summed E-state index contributed by atoms with van der Waals surface area (Å²) in [6, 6.07) is 8.74. The fourth-order valence-corrected chi connectivity index (χ4v) is 4.75. The Labute approximate surface area is 158 Å². The minimum Gasteiger partial charge on any atom is -0.391 e. The van der Waals surface area contributed by atoms with Gasteiger partial charge in [0.1, 0.15) is 12.7 Å². The van der Waals surface area contributed by atoms with Crippen LogP contribution in [0, 0.1) is 11.8 Å². The topological polar surface area (TPSA) is 72.0 Å². The van der Waals surface area contributed by atoms with E-state index in [4.69, 9.17) is 0 Å². The molecule has 1 saturated heterocycles. The van der Waals surface area contributed by atoms with Crippen molar-refractivity contribution in [3.05, 3.63) is 61.2 Å². The minimum atomic E-state index is -0.331. The number of nitrogens with zero attached hydrogens (tertiary/aromatic N) is 6. The van der Waals surface area contributed by atoms with Crippen LogP contribution in [0.2, 0.25) is 0 Å². The number of fused-ring (bicyclic) bond motifs is 1. The standard InChI is InChI=1S/C20H24N6O/c27-20-8-17-11-24(10-16(17)7-19(20)26-14-22-12-23-26)9-15-1-3-18(4-2-15)25-6-5-21-13-25/h1-6,12-14,16-17,19-20,27H,7-11H2/t16-,17+,19-,20-/m1/s1. The van der Waals surface area contributed by atoms with Crippen molar-refractivity contribution in [2.45, 2.75) is 31.5 Å². The second kappa shape index (κ2) is 6.90. The summed E-state index contributed by atoms with van der Waals surface area (Å²) < 4.78 is 3.85. The molecule has 140 valence electrons. The van der Waals surface area contributed by atoms with E-state index in [2.05, 4.69) is 44.2 Å². The Morgan fingerprint density at radius 2 is 1.81 bits per heavy atom. The van der Waals surface area contributed by atoms with E-state index in [9.17, 15) is 5.11 Å². The van der Waals surface area contributed by atoms with Gasteiger partial charge in [-0.05, 0) is 42.4 Å². The van der Waals surface area contributed by atoms with Crippen LogP contribution in [0.5, 0.6) is 0 Å². The molecule has 5 rings (SSSR count). The zero-order valence-corrected chi connectivity index (χ0v) is 15.2. The van der Waals surface area contributed by atoms with E-state index in [1.165, 1.54) is 5.56 Å². The molecular weight excluding hydrogens is 340 g/mol. The van der Waals surface area contributed by atoms with Crippen molar-refractivity contribution in [3.63, 3.8) is 0 Å². The molecule has 4 atom stereocenters. The lowest BCUT2D eigenvalue weighted by molar-refractivity contribution is 0.0304. The normalized spacial score (nSPS) is 28.3. The zero-order valence-electron chi connectivity index (χ0n) is 15.2. The molecule has 0 spiro atoms. The van der Waals surface area contributed by atoms with E-state index in [1.807, 2.05) is 21.8 Å². The van der Waals surface area contributed by atoms with Crippen LogP contribution in [0.15, 0.2) is 55.6 Å². The third-order valence-electron chi connectivity index (χ3n) is 6.11. The van der Waals surface area contributed by atoms with Gasteiger partial charge in [-0.15, -0.1) is 0 Å². The molecule has 27 heavy (non-hydrogen) atoms. The van der Waals surface area contributed by atoms with Crippen LogP contribution in [0.4, 0.5) is 0 Å². The Morgan fingerprint density at radius 3 is 2.52 bits per heavy atom. The summed E-state index contributed by atoms with van der Waals surface area (Å²) in [5.41, 5.74) is 2.45. The maximum Gasteiger partial charge on any atom is 0.137 e. The van der Waals surface area contributed by atoms with Crippen LogP contribution in [-0.4, -0.2) is 53.5 Å². The zero-order chi connectivity index (χ0) is 18.2. The maximum atomic E-state index is 10.6. The Kier molecular flexibility index (Phi) is 4.26. The molecule has 7 nitrogen and oxygen atoms in total. The van der Waals surface area contributed by atoms with Gasteiger partial charge in [0.05, 0.1) is 18.5 Å². The summed E-state index contributed by atoms with van der Waals surface area (Å²) >= 11 is 0. The molecule has 0 amide bonds. The van der Waals surface area contributed by atoms with Gasteiger partial charge in [0.25, 0.3) is 0 Å². The SMILES string of the molecule is O[C@@H]1C[C@H]2CN(Cc3ccc(-n4ccnc4)cc3)C[C@H]2C[C@H]1n1cncn1. The highest BCUT2D eigenvalue weighted by Crippen LogP contribution is 2.41. The Hall–Kier alpha value is -2.51. The molecule has 2 aliphatic rings. The van der Waals surface area contributed by atoms with Crippen LogP contribution >= 0.6 is 0 Å². The van der Waals surface area contributed by atoms with Gasteiger partial charge in [0.2, 0.25) is 0 Å². The molecule has 0 radical (unpaired) electrons. The van der Waals surface area contributed by atoms with Crippen molar-refractivity contribution in [2.75, 3.05) is 13.1 Å². The second-order valence-electron chi connectivity index (χ2n) is 7.83. The maximum absolute atomic E-state index is 10.6. The van der Waals surface area contributed by atoms with Crippen LogP contribution in [0.1, 0.15) is 24.4 Å². The van der Waals surface area contributed by atoms with E-state index < -0.39 is 0 Å². The smallest absolute Gasteiger partial charge is 0.137 e. The first kappa shape index (κ1) is 16.6. The van der Waals surface area contributed by atoms with Gasteiger partial charge < -0.3 is 9.67 Å². The third-order valence-corrected chi connectivity index (χ3v) is 6.11. The van der Waals surface area contributed by atoms with Gasteiger partial charge >= 0.3 is 0 Å². The number of benzene rings is 1. The molecule has 1 saturated carbocycles. The first-order valence-corrected chi connectivity index (χ1v) is 9.58. The molecule has 3 heterocycles. The van der Waals surface area contributed by atoms with Gasteiger partial charge in [0, 0.05) is 37.7 Å². The van der Waals surface area contributed by atoms with Crippen LogP contribution in [0.25, 0.3) is 5.69 Å². The van der Waals surface area contributed by atoms with E-state index >= 15 is 0 Å². The average Bonchev–Trinajstić information content (AvgIpc) is 3.43. The molecule has 1 aliphatic carbocycles. The molecule has 1 aliphatic heterocycles. The summed E-state index contributed by atoms with van der Waals surface area (Å²) in [4.78, 5) is 10.7. The molecule has 0 bridgehead atoms. The Morgan fingerprint density at radius 1 is 1.00 bits per heavy atom. The lowest BCUT2D eigenvalue weighted by Gasteiger charge is -2.35. The van der Waals surface area contributed by atoms with E-state index in [0.717, 1.165) is 38.2 Å². The summed E-state index contributed by atoms with van der Waals surface area (Å²) in [6.07, 6.45) is 10.3. The van der Waals surface area contributed by atoms with Crippen molar-refractivity contribution < 1.29 is 5.11 Å². The molecule has 3 aromatic rings. The molecule has 7 heteroatoms. The number of aliphatic hydroxyl groups excluding tert-OH is 1. The molecule has 1 N–H and O–H groups in total. The van der Waals surface area contributed by atoms with Gasteiger partial charge in [-0.1, -0.05) is 12.1 Å². The lowest BCUT2D eigenvalue weighted by Crippen LogP contribution is -2.36. The van der Waals surface area contributed by atoms with Crippen molar-refractivity contribution in [1.29, 1.82) is 0 Å². The summed E-state index contributed by atoms with van der Waals surface area (Å²) in [5, 5.41) is 14.8. The molecule has 2 fully saturated rings. The quantitative estimate of drug-likeness (QED) is 0.766. The average molecular weight is 364 g/mol. The van der Waals surface area contributed by atoms with Crippen LogP contribution in [0.3, 0.4) is 0 Å². The lowest BCUT2D eigenvalue weighted by atomic mass is 9.77. The van der Waals surface area contributed by atoms with Crippen LogP contribution in [-0.2, 0) is 6.54 Å². The molecule has 0 unspecified atom stereocenters. The number of aromatic nitrogens is 5. The van der Waals surface area contributed by atoms with E-state index in [-0.39, 0.29) is 12.1 Å². The number of hydrogen-bond donors (Lipinski definition) is 1. The van der Waals surface area contributed by atoms with Crippen LogP contribution < -0.4 is 0 Å². The fraction of sp³-hybridized carbons (Fsp3) is 0.450. The van der Waals surface area contributed by atoms with E-state index in [1.54, 1.807) is 18.9 Å². The fourth-order valence-electron chi connectivity index (χ4n) is 4.75. The summed E-state index contributed by atoms with van der Waals surface area (Å²) in [6.45, 7) is 3.11. The Bertz CT molecular complexity index is 861. The largest absolute Gasteiger partial charge is 0.391 e. The highest BCUT2D eigenvalue weighted by Gasteiger charge is 2.42. The van der Waals surface area contributed by atoms with Crippen molar-refractivity contribution in [2.24, 2.45) is 11.8 Å². The molecule has 1 aromatic carbocycles. The molecular formula is C20H24N6O. The van der Waals surface area contributed by atoms with Crippen molar-refractivity contribution in [3.8, 4) is 5.69 Å². The van der Waals surface area contributed by atoms with Crippen molar-refractivity contribution in [1.82, 2.24) is 29.2 Å². The van der Waals surface area contributed by atoms with Gasteiger partial charge in [-0.3, -0.25) is 4.90 Å². The van der Waals surface area contributed by atoms with E-state index in [0.29, 0.717) is 11.8 Å². The first-order chi connectivity index (χ1) is 13.3. The minimum absolute atomic E-state index is 0.0585. The monoisotopic (exact) mass is 364 g/mol. The number of likely N-dealkylation sites (tertiary alicyclic amines) is 1. The second-order valence-corrected chi connectivity index (χ2v) is 7.83. The van der Waals surface area contributed by atoms with Gasteiger partial charge in [0.15, 0.2) is 0 Å². The number of aliphatic hydroxyl groups is 1. The third kappa shape index (κ3) is 3.28. The molecule has 2 aromatic heterocycles. The van der Waals surface area contributed by atoms with Gasteiger partial charge in [-0.25, -0.2) is 14.6 Å². The predicted molar refractivity (Wildman–Crippen MR) is 100 cm³/mol. The number of hydrogen-bond acceptors (Lipinski definition) is 5. The number of imidazole rings is 1. The highest BCUT2D eigenvalue weighted by atomic mass is 16.3. The predicted octanol–water partition coefficient (Wildman–Crippen LogP) is 1.91. The summed E-state index contributed by atoms with van der Waals surface area (Å²) in [7, 11) is 0. The number of rotatable bonds is 4.